The largest absolute Gasteiger partial charge is 0.393 e. The molecule has 6 atom stereocenters. The van der Waals surface area contributed by atoms with Gasteiger partial charge in [-0.15, -0.1) is 0 Å². The Kier molecular flexibility index (Phi) is 2.80. The van der Waals surface area contributed by atoms with Gasteiger partial charge in [-0.3, -0.25) is 0 Å². The quantitative estimate of drug-likeness (QED) is 0.642. The van der Waals surface area contributed by atoms with Crippen LogP contribution in [0.25, 0.3) is 0 Å². The fourth-order valence-corrected chi connectivity index (χ4v) is 5.87. The fraction of sp³-hybridized carbons (Fsp3) is 0.882. The van der Waals surface area contributed by atoms with Crippen LogP contribution in [0.2, 0.25) is 0 Å². The third-order valence-corrected chi connectivity index (χ3v) is 6.62. The molecule has 0 heterocycles. The molecule has 3 fully saturated rings. The van der Waals surface area contributed by atoms with E-state index in [9.17, 15) is 5.11 Å². The van der Waals surface area contributed by atoms with Gasteiger partial charge < -0.3 is 5.11 Å². The number of rotatable bonds is 0. The Morgan fingerprint density at radius 1 is 0.889 bits per heavy atom. The van der Waals surface area contributed by atoms with E-state index >= 15 is 0 Å². The Labute approximate surface area is 111 Å². The van der Waals surface area contributed by atoms with Crippen LogP contribution in [0.15, 0.2) is 11.6 Å². The first kappa shape index (κ1) is 11.5. The van der Waals surface area contributed by atoms with E-state index in [2.05, 4.69) is 6.08 Å². The van der Waals surface area contributed by atoms with Crippen LogP contribution in [-0.2, 0) is 0 Å². The zero-order valence-corrected chi connectivity index (χ0v) is 11.4. The number of hydrogen-bond donors (Lipinski definition) is 1. The Morgan fingerprint density at radius 2 is 1.83 bits per heavy atom. The zero-order valence-electron chi connectivity index (χ0n) is 11.4. The number of hydrogen-bond acceptors (Lipinski definition) is 1. The molecule has 3 saturated carbocycles. The minimum Gasteiger partial charge on any atom is -0.393 e. The van der Waals surface area contributed by atoms with Gasteiger partial charge in [0, 0.05) is 0 Å². The molecule has 0 saturated heterocycles. The van der Waals surface area contributed by atoms with Crippen molar-refractivity contribution < 1.29 is 5.11 Å². The summed E-state index contributed by atoms with van der Waals surface area (Å²) in [5.74, 6) is 4.99. The molecule has 4 aliphatic rings. The summed E-state index contributed by atoms with van der Waals surface area (Å²) >= 11 is 0. The van der Waals surface area contributed by atoms with Gasteiger partial charge in [-0.05, 0) is 74.5 Å². The molecule has 0 aliphatic heterocycles. The molecule has 0 amide bonds. The van der Waals surface area contributed by atoms with Crippen molar-refractivity contribution in [2.45, 2.75) is 63.9 Å². The average Bonchev–Trinajstić information content (AvgIpc) is 2.86. The van der Waals surface area contributed by atoms with Gasteiger partial charge >= 0.3 is 0 Å². The predicted molar refractivity (Wildman–Crippen MR) is 73.1 cm³/mol. The molecule has 0 bridgehead atoms. The highest BCUT2D eigenvalue weighted by Crippen LogP contribution is 2.56. The van der Waals surface area contributed by atoms with Crippen LogP contribution in [0.5, 0.6) is 0 Å². The predicted octanol–water partition coefficient (Wildman–Crippen LogP) is 3.92. The van der Waals surface area contributed by atoms with Gasteiger partial charge in [0.2, 0.25) is 0 Å². The molecule has 0 spiro atoms. The second kappa shape index (κ2) is 4.37. The summed E-state index contributed by atoms with van der Waals surface area (Å²) in [6.45, 7) is 0. The number of aliphatic hydroxyl groups is 1. The first-order chi connectivity index (χ1) is 8.83. The van der Waals surface area contributed by atoms with Crippen molar-refractivity contribution in [3.05, 3.63) is 11.6 Å². The lowest BCUT2D eigenvalue weighted by Gasteiger charge is -2.49. The minimum absolute atomic E-state index is 0.0353. The molecule has 0 aromatic heterocycles. The number of allylic oxidation sites excluding steroid dienone is 1. The molecule has 0 aromatic rings. The maximum absolute atomic E-state index is 9.85. The summed E-state index contributed by atoms with van der Waals surface area (Å²) in [6.07, 6.45) is 14.7. The van der Waals surface area contributed by atoms with Crippen LogP contribution >= 0.6 is 0 Å². The highest BCUT2D eigenvalue weighted by molar-refractivity contribution is 5.18. The summed E-state index contributed by atoms with van der Waals surface area (Å²) in [5.41, 5.74) is 1.63. The van der Waals surface area contributed by atoms with Crippen LogP contribution < -0.4 is 0 Å². The van der Waals surface area contributed by atoms with E-state index in [1.807, 2.05) is 0 Å². The number of fused-ring (bicyclic) bond motifs is 5. The summed E-state index contributed by atoms with van der Waals surface area (Å²) in [4.78, 5) is 0. The van der Waals surface area contributed by atoms with Crippen LogP contribution in [0.4, 0.5) is 0 Å². The molecule has 100 valence electrons. The normalized spacial score (nSPS) is 51.1. The first-order valence-electron chi connectivity index (χ1n) is 8.20. The molecular weight excluding hydrogens is 220 g/mol. The fourth-order valence-electron chi connectivity index (χ4n) is 5.87. The summed E-state index contributed by atoms with van der Waals surface area (Å²) < 4.78 is 0. The van der Waals surface area contributed by atoms with E-state index in [0.29, 0.717) is 0 Å². The Balaban J connectivity index is 1.60. The second-order valence-corrected chi connectivity index (χ2v) is 7.32. The molecule has 18 heavy (non-hydrogen) atoms. The molecular formula is C17H26O. The van der Waals surface area contributed by atoms with Gasteiger partial charge in [0.25, 0.3) is 0 Å². The van der Waals surface area contributed by atoms with Gasteiger partial charge in [0.05, 0.1) is 6.10 Å². The first-order valence-corrected chi connectivity index (χ1v) is 8.20. The van der Waals surface area contributed by atoms with Gasteiger partial charge in [0.15, 0.2) is 0 Å². The molecule has 0 aromatic carbocycles. The average molecular weight is 246 g/mol. The third kappa shape index (κ3) is 1.70. The van der Waals surface area contributed by atoms with E-state index in [4.69, 9.17) is 0 Å². The smallest absolute Gasteiger partial charge is 0.0577 e. The Hall–Kier alpha value is -0.300. The van der Waals surface area contributed by atoms with E-state index in [-0.39, 0.29) is 6.10 Å². The highest BCUT2D eigenvalue weighted by Gasteiger charge is 2.46. The lowest BCUT2D eigenvalue weighted by Crippen LogP contribution is -2.40. The van der Waals surface area contributed by atoms with Gasteiger partial charge in [0.1, 0.15) is 0 Å². The zero-order chi connectivity index (χ0) is 12.1. The summed E-state index contributed by atoms with van der Waals surface area (Å²) in [7, 11) is 0. The molecule has 0 radical (unpaired) electrons. The van der Waals surface area contributed by atoms with E-state index in [0.717, 1.165) is 42.4 Å². The van der Waals surface area contributed by atoms with Crippen molar-refractivity contribution in [2.24, 2.45) is 29.6 Å². The Bertz CT molecular complexity index is 359. The van der Waals surface area contributed by atoms with E-state index < -0.39 is 0 Å². The molecule has 5 unspecified atom stereocenters. The molecule has 4 rings (SSSR count). The summed E-state index contributed by atoms with van der Waals surface area (Å²) in [5, 5.41) is 9.85. The third-order valence-electron chi connectivity index (χ3n) is 6.62. The van der Waals surface area contributed by atoms with Crippen molar-refractivity contribution in [3.8, 4) is 0 Å². The van der Waals surface area contributed by atoms with Gasteiger partial charge in [-0.1, -0.05) is 24.5 Å². The SMILES string of the molecule is O[C@H]1CCC2C(=CCC3C4CCCC4CCC23)C1. The highest BCUT2D eigenvalue weighted by atomic mass is 16.3. The van der Waals surface area contributed by atoms with Gasteiger partial charge in [-0.25, -0.2) is 0 Å². The Morgan fingerprint density at radius 3 is 2.78 bits per heavy atom. The van der Waals surface area contributed by atoms with Crippen LogP contribution in [0, 0.1) is 29.6 Å². The monoisotopic (exact) mass is 246 g/mol. The van der Waals surface area contributed by atoms with Crippen LogP contribution in [-0.4, -0.2) is 11.2 Å². The van der Waals surface area contributed by atoms with Crippen LogP contribution in [0.1, 0.15) is 57.8 Å². The van der Waals surface area contributed by atoms with Crippen molar-refractivity contribution >= 4 is 0 Å². The van der Waals surface area contributed by atoms with Gasteiger partial charge in [-0.2, -0.15) is 0 Å². The maximum Gasteiger partial charge on any atom is 0.0577 e. The summed E-state index contributed by atoms with van der Waals surface area (Å²) in [6, 6.07) is 0. The molecule has 4 aliphatic carbocycles. The van der Waals surface area contributed by atoms with Crippen molar-refractivity contribution in [1.29, 1.82) is 0 Å². The van der Waals surface area contributed by atoms with Crippen molar-refractivity contribution in [3.63, 3.8) is 0 Å². The molecule has 1 heteroatoms. The topological polar surface area (TPSA) is 20.2 Å². The van der Waals surface area contributed by atoms with Crippen molar-refractivity contribution in [1.82, 2.24) is 0 Å². The second-order valence-electron chi connectivity index (χ2n) is 7.32. The lowest BCUT2D eigenvalue weighted by molar-refractivity contribution is 0.0436. The standard InChI is InChI=1S/C17H26O/c18-13-6-9-15-12(10-13)5-8-16-14-3-1-2-11(14)4-7-17(15)16/h5,11,13-18H,1-4,6-10H2/t11?,13-,14?,15?,16?,17?/m0/s1. The number of aliphatic hydroxyl groups excluding tert-OH is 1. The lowest BCUT2D eigenvalue weighted by atomic mass is 9.57. The van der Waals surface area contributed by atoms with E-state index in [1.54, 1.807) is 5.57 Å². The maximum atomic E-state index is 9.85. The molecule has 1 nitrogen and oxygen atoms in total. The molecule has 1 N–H and O–H groups in total. The minimum atomic E-state index is -0.0353. The van der Waals surface area contributed by atoms with Crippen molar-refractivity contribution in [2.75, 3.05) is 0 Å². The van der Waals surface area contributed by atoms with Crippen LogP contribution in [0.3, 0.4) is 0 Å². The van der Waals surface area contributed by atoms with E-state index in [1.165, 1.54) is 44.9 Å².